The zero-order valence-corrected chi connectivity index (χ0v) is 8.57. The lowest BCUT2D eigenvalue weighted by Gasteiger charge is -2.22. The lowest BCUT2D eigenvalue weighted by atomic mass is 10.1. The first kappa shape index (κ1) is 10.9. The van der Waals surface area contributed by atoms with Gasteiger partial charge in [0.05, 0.1) is 23.5 Å². The summed E-state index contributed by atoms with van der Waals surface area (Å²) in [6.45, 7) is 2.25. The van der Waals surface area contributed by atoms with E-state index in [1.54, 1.807) is 11.0 Å². The molecule has 4 nitrogen and oxygen atoms in total. The number of rotatable bonds is 3. The fraction of sp³-hybridized carbons (Fsp3) is 0.273. The molecule has 0 heterocycles. The Kier molecular flexibility index (Phi) is 3.54. The largest absolute Gasteiger partial charge is 0.397 e. The highest BCUT2D eigenvalue weighted by Gasteiger charge is 2.11. The lowest BCUT2D eigenvalue weighted by Crippen LogP contribution is -2.25. The molecule has 0 saturated heterocycles. The predicted octanol–water partition coefficient (Wildman–Crippen LogP) is 1.43. The second-order valence-electron chi connectivity index (χ2n) is 3.19. The molecule has 1 aromatic rings. The van der Waals surface area contributed by atoms with E-state index in [0.29, 0.717) is 5.69 Å². The first-order valence-electron chi connectivity index (χ1n) is 4.54. The highest BCUT2D eigenvalue weighted by Crippen LogP contribution is 2.26. The molecule has 0 atom stereocenters. The molecule has 1 aromatic carbocycles. The summed E-state index contributed by atoms with van der Waals surface area (Å²) in [6.07, 6.45) is 0. The summed E-state index contributed by atoms with van der Waals surface area (Å²) in [5.74, 6) is 0. The van der Waals surface area contributed by atoms with E-state index in [1.165, 1.54) is 0 Å². The molecule has 0 spiro atoms. The van der Waals surface area contributed by atoms with Crippen molar-refractivity contribution in [3.05, 3.63) is 23.8 Å². The Bertz CT molecular complexity index is 389. The molecule has 1 rings (SSSR count). The first-order chi connectivity index (χ1) is 7.20. The van der Waals surface area contributed by atoms with Crippen molar-refractivity contribution < 1.29 is 0 Å². The number of benzene rings is 1. The Hall–Kier alpha value is -2.20. The van der Waals surface area contributed by atoms with E-state index < -0.39 is 0 Å². The normalized spacial score (nSPS) is 9.00. The molecule has 0 fully saturated rings. The van der Waals surface area contributed by atoms with Crippen LogP contribution in [-0.4, -0.2) is 13.1 Å². The third-order valence-electron chi connectivity index (χ3n) is 2.11. The molecule has 4 heteroatoms. The van der Waals surface area contributed by atoms with Gasteiger partial charge in [0.15, 0.2) is 0 Å². The summed E-state index contributed by atoms with van der Waals surface area (Å²) in [4.78, 5) is 1.67. The molecule has 2 N–H and O–H groups in total. The molecule has 15 heavy (non-hydrogen) atoms. The molecule has 0 amide bonds. The van der Waals surface area contributed by atoms with Gasteiger partial charge >= 0.3 is 0 Å². The highest BCUT2D eigenvalue weighted by molar-refractivity contribution is 5.71. The van der Waals surface area contributed by atoms with Gasteiger partial charge in [0.2, 0.25) is 0 Å². The SMILES string of the molecule is Cc1cccc(N)c1N(CC#N)CC#N. The van der Waals surface area contributed by atoms with Gasteiger partial charge in [-0.15, -0.1) is 0 Å². The van der Waals surface area contributed by atoms with E-state index in [1.807, 2.05) is 31.2 Å². The van der Waals surface area contributed by atoms with Crippen molar-refractivity contribution in [3.8, 4) is 12.1 Å². The number of hydrogen-bond acceptors (Lipinski definition) is 4. The van der Waals surface area contributed by atoms with Crippen LogP contribution in [0.4, 0.5) is 11.4 Å². The van der Waals surface area contributed by atoms with Crippen LogP contribution >= 0.6 is 0 Å². The fourth-order valence-corrected chi connectivity index (χ4v) is 1.50. The van der Waals surface area contributed by atoms with Crippen molar-refractivity contribution in [1.82, 2.24) is 0 Å². The van der Waals surface area contributed by atoms with E-state index in [0.717, 1.165) is 11.3 Å². The van der Waals surface area contributed by atoms with E-state index in [2.05, 4.69) is 0 Å². The van der Waals surface area contributed by atoms with Gasteiger partial charge in [-0.05, 0) is 18.6 Å². The minimum atomic E-state index is 0.169. The smallest absolute Gasteiger partial charge is 0.107 e. The summed E-state index contributed by atoms with van der Waals surface area (Å²) in [7, 11) is 0. The van der Waals surface area contributed by atoms with E-state index in [9.17, 15) is 0 Å². The number of nitriles is 2. The molecule has 0 aliphatic heterocycles. The molecule has 0 radical (unpaired) electrons. The molecule has 0 unspecified atom stereocenters. The van der Waals surface area contributed by atoms with Crippen LogP contribution in [-0.2, 0) is 0 Å². The van der Waals surface area contributed by atoms with Gasteiger partial charge in [-0.2, -0.15) is 10.5 Å². The van der Waals surface area contributed by atoms with Gasteiger partial charge in [0, 0.05) is 0 Å². The average molecular weight is 200 g/mol. The minimum absolute atomic E-state index is 0.169. The molecule has 0 aromatic heterocycles. The number of para-hydroxylation sites is 1. The Balaban J connectivity index is 3.12. The molecular formula is C11H12N4. The van der Waals surface area contributed by atoms with Crippen molar-refractivity contribution in [2.45, 2.75) is 6.92 Å². The van der Waals surface area contributed by atoms with Gasteiger partial charge in [0.25, 0.3) is 0 Å². The molecule has 0 aliphatic rings. The Morgan fingerprint density at radius 3 is 2.33 bits per heavy atom. The van der Waals surface area contributed by atoms with E-state index in [-0.39, 0.29) is 13.1 Å². The zero-order valence-electron chi connectivity index (χ0n) is 8.57. The molecule has 76 valence electrons. The first-order valence-corrected chi connectivity index (χ1v) is 4.54. The van der Waals surface area contributed by atoms with Crippen molar-refractivity contribution in [2.75, 3.05) is 23.7 Å². The monoisotopic (exact) mass is 200 g/mol. The topological polar surface area (TPSA) is 76.8 Å². The molecular weight excluding hydrogens is 188 g/mol. The summed E-state index contributed by atoms with van der Waals surface area (Å²) >= 11 is 0. The second kappa shape index (κ2) is 4.88. The highest BCUT2D eigenvalue weighted by atomic mass is 15.1. The third kappa shape index (κ3) is 2.38. The van der Waals surface area contributed by atoms with Crippen LogP contribution in [0.3, 0.4) is 0 Å². The summed E-state index contributed by atoms with van der Waals surface area (Å²) in [6, 6.07) is 9.58. The number of nitrogens with zero attached hydrogens (tertiary/aromatic N) is 3. The predicted molar refractivity (Wildman–Crippen MR) is 59.0 cm³/mol. The average Bonchev–Trinajstić information content (AvgIpc) is 2.18. The number of aryl methyl sites for hydroxylation is 1. The Morgan fingerprint density at radius 2 is 1.87 bits per heavy atom. The maximum Gasteiger partial charge on any atom is 0.107 e. The third-order valence-corrected chi connectivity index (χ3v) is 2.11. The standard InChI is InChI=1S/C11H12N4/c1-9-3-2-4-10(14)11(9)15(7-5-12)8-6-13/h2-4H,7-8,14H2,1H3. The van der Waals surface area contributed by atoms with Crippen LogP contribution in [0.15, 0.2) is 18.2 Å². The van der Waals surface area contributed by atoms with Gasteiger partial charge in [-0.1, -0.05) is 12.1 Å². The van der Waals surface area contributed by atoms with Crippen LogP contribution in [0.5, 0.6) is 0 Å². The summed E-state index contributed by atoms with van der Waals surface area (Å²) in [5, 5.41) is 17.3. The number of nitrogen functional groups attached to an aromatic ring is 1. The molecule has 0 bridgehead atoms. The second-order valence-corrected chi connectivity index (χ2v) is 3.19. The van der Waals surface area contributed by atoms with Crippen LogP contribution in [0.1, 0.15) is 5.56 Å². The Morgan fingerprint density at radius 1 is 1.27 bits per heavy atom. The van der Waals surface area contributed by atoms with Crippen molar-refractivity contribution >= 4 is 11.4 Å². The van der Waals surface area contributed by atoms with Crippen LogP contribution < -0.4 is 10.6 Å². The van der Waals surface area contributed by atoms with Crippen molar-refractivity contribution in [1.29, 1.82) is 10.5 Å². The number of hydrogen-bond donors (Lipinski definition) is 1. The minimum Gasteiger partial charge on any atom is -0.397 e. The molecule has 0 saturated carbocycles. The number of anilines is 2. The fourth-order valence-electron chi connectivity index (χ4n) is 1.50. The Labute approximate surface area is 89.1 Å². The van der Waals surface area contributed by atoms with Crippen LogP contribution in [0, 0.1) is 29.6 Å². The van der Waals surface area contributed by atoms with Gasteiger partial charge in [-0.25, -0.2) is 0 Å². The van der Waals surface area contributed by atoms with Crippen molar-refractivity contribution in [2.24, 2.45) is 0 Å². The van der Waals surface area contributed by atoms with E-state index in [4.69, 9.17) is 16.3 Å². The molecule has 0 aliphatic carbocycles. The number of nitrogens with two attached hydrogens (primary N) is 1. The van der Waals surface area contributed by atoms with Gasteiger partial charge in [0.1, 0.15) is 13.1 Å². The van der Waals surface area contributed by atoms with Gasteiger partial charge < -0.3 is 10.6 Å². The summed E-state index contributed by atoms with van der Waals surface area (Å²) < 4.78 is 0. The van der Waals surface area contributed by atoms with Crippen LogP contribution in [0.2, 0.25) is 0 Å². The maximum absolute atomic E-state index is 8.66. The quantitative estimate of drug-likeness (QED) is 0.591. The summed E-state index contributed by atoms with van der Waals surface area (Å²) in [5.41, 5.74) is 8.17. The zero-order chi connectivity index (χ0) is 11.3. The van der Waals surface area contributed by atoms with Crippen molar-refractivity contribution in [3.63, 3.8) is 0 Å². The van der Waals surface area contributed by atoms with E-state index >= 15 is 0 Å². The lowest BCUT2D eigenvalue weighted by molar-refractivity contribution is 0.961. The maximum atomic E-state index is 8.66. The van der Waals surface area contributed by atoms with Gasteiger partial charge in [-0.3, -0.25) is 0 Å². The van der Waals surface area contributed by atoms with Crippen LogP contribution in [0.25, 0.3) is 0 Å².